The molecule has 0 atom stereocenters. The van der Waals surface area contributed by atoms with Gasteiger partial charge in [-0.1, -0.05) is 51.1 Å². The number of rotatable bonds is 6. The first-order chi connectivity index (χ1) is 11.9. The van der Waals surface area contributed by atoms with Gasteiger partial charge in [0, 0.05) is 24.2 Å². The molecule has 0 unspecified atom stereocenters. The maximum absolute atomic E-state index is 12.6. The first-order valence-electron chi connectivity index (χ1n) is 8.45. The van der Waals surface area contributed by atoms with Crippen LogP contribution in [0.25, 0.3) is 0 Å². The van der Waals surface area contributed by atoms with Crippen LogP contribution < -0.4 is 0 Å². The van der Waals surface area contributed by atoms with Crippen molar-refractivity contribution in [1.82, 2.24) is 10.0 Å². The Kier molecular flexibility index (Phi) is 5.91. The summed E-state index contributed by atoms with van der Waals surface area (Å²) in [4.78, 5) is 37.6. The van der Waals surface area contributed by atoms with Gasteiger partial charge >= 0.3 is 5.91 Å². The number of amides is 2. The van der Waals surface area contributed by atoms with Crippen LogP contribution in [0.1, 0.15) is 39.2 Å². The van der Waals surface area contributed by atoms with E-state index in [1.165, 1.54) is 17.4 Å². The highest BCUT2D eigenvalue weighted by Gasteiger charge is 2.36. The van der Waals surface area contributed by atoms with Crippen molar-refractivity contribution >= 4 is 17.6 Å². The van der Waals surface area contributed by atoms with Gasteiger partial charge in [0.05, 0.1) is 0 Å². The zero-order chi connectivity index (χ0) is 18.4. The lowest BCUT2D eigenvalue weighted by atomic mass is 9.85. The lowest BCUT2D eigenvalue weighted by Gasteiger charge is -2.32. The average molecular weight is 340 g/mol. The van der Waals surface area contributed by atoms with Crippen LogP contribution in [0.4, 0.5) is 0 Å². The number of hydrazine groups is 1. The number of benzene rings is 1. The topological polar surface area (TPSA) is 57.7 Å². The third kappa shape index (κ3) is 4.44. The van der Waals surface area contributed by atoms with Crippen LogP contribution in [0.3, 0.4) is 0 Å². The second-order valence-corrected chi connectivity index (χ2v) is 6.62. The molecule has 0 aromatic heterocycles. The van der Waals surface area contributed by atoms with E-state index in [9.17, 15) is 14.4 Å². The van der Waals surface area contributed by atoms with Gasteiger partial charge in [0.2, 0.25) is 11.7 Å². The van der Waals surface area contributed by atoms with Crippen LogP contribution in [0.15, 0.2) is 54.9 Å². The fourth-order valence-electron chi connectivity index (χ4n) is 2.34. The van der Waals surface area contributed by atoms with Gasteiger partial charge in [-0.25, -0.2) is 10.0 Å². The molecule has 132 valence electrons. The summed E-state index contributed by atoms with van der Waals surface area (Å²) in [7, 11) is 0. The molecule has 5 heteroatoms. The predicted octanol–water partition coefficient (Wildman–Crippen LogP) is 3.24. The molecule has 1 aromatic rings. The minimum Gasteiger partial charge on any atom is -0.288 e. The summed E-state index contributed by atoms with van der Waals surface area (Å²) in [5.41, 5.74) is 0.290. The number of ketones is 1. The highest BCUT2D eigenvalue weighted by molar-refractivity contribution is 6.38. The first kappa shape index (κ1) is 18.6. The van der Waals surface area contributed by atoms with E-state index < -0.39 is 17.1 Å². The van der Waals surface area contributed by atoms with Crippen LogP contribution in [-0.4, -0.2) is 27.6 Å². The molecule has 2 rings (SSSR count). The van der Waals surface area contributed by atoms with Crippen molar-refractivity contribution in [2.45, 2.75) is 40.0 Å². The van der Waals surface area contributed by atoms with E-state index in [-0.39, 0.29) is 12.3 Å². The Bertz CT molecular complexity index is 705. The van der Waals surface area contributed by atoms with Gasteiger partial charge in [0.25, 0.3) is 0 Å². The van der Waals surface area contributed by atoms with E-state index in [0.717, 1.165) is 10.6 Å². The second kappa shape index (κ2) is 7.92. The molecule has 1 aromatic carbocycles. The number of carbonyl (C=O) groups excluding carboxylic acids is 3. The van der Waals surface area contributed by atoms with Gasteiger partial charge in [-0.3, -0.25) is 14.4 Å². The predicted molar refractivity (Wildman–Crippen MR) is 95.8 cm³/mol. The SMILES string of the molecule is CCC(C)(C)C(=O)C(=O)N1C=CC=CN1C(=O)CCc1ccccc1. The van der Waals surface area contributed by atoms with Crippen molar-refractivity contribution in [1.29, 1.82) is 0 Å². The molecule has 1 aliphatic rings. The lowest BCUT2D eigenvalue weighted by Crippen LogP contribution is -2.49. The zero-order valence-corrected chi connectivity index (χ0v) is 14.9. The van der Waals surface area contributed by atoms with Gasteiger partial charge in [-0.2, -0.15) is 0 Å². The average Bonchev–Trinajstić information content (AvgIpc) is 2.65. The lowest BCUT2D eigenvalue weighted by molar-refractivity contribution is -0.160. The van der Waals surface area contributed by atoms with E-state index in [2.05, 4.69) is 0 Å². The highest BCUT2D eigenvalue weighted by atomic mass is 16.2. The van der Waals surface area contributed by atoms with E-state index >= 15 is 0 Å². The largest absolute Gasteiger partial charge is 0.313 e. The Morgan fingerprint density at radius 2 is 1.56 bits per heavy atom. The molecule has 2 amide bonds. The summed E-state index contributed by atoms with van der Waals surface area (Å²) in [5.74, 6) is -1.43. The van der Waals surface area contributed by atoms with Crippen molar-refractivity contribution in [3.63, 3.8) is 0 Å². The van der Waals surface area contributed by atoms with Crippen LogP contribution >= 0.6 is 0 Å². The van der Waals surface area contributed by atoms with Gasteiger partial charge in [-0.05, 0) is 30.6 Å². The van der Waals surface area contributed by atoms with E-state index in [1.807, 2.05) is 37.3 Å². The summed E-state index contributed by atoms with van der Waals surface area (Å²) < 4.78 is 0. The van der Waals surface area contributed by atoms with Crippen molar-refractivity contribution in [3.05, 3.63) is 60.4 Å². The Balaban J connectivity index is 2.09. The number of hydrogen-bond donors (Lipinski definition) is 0. The molecule has 0 bridgehead atoms. The summed E-state index contributed by atoms with van der Waals surface area (Å²) >= 11 is 0. The first-order valence-corrected chi connectivity index (χ1v) is 8.45. The second-order valence-electron chi connectivity index (χ2n) is 6.62. The van der Waals surface area contributed by atoms with Crippen LogP contribution in [-0.2, 0) is 20.8 Å². The number of nitrogens with zero attached hydrogens (tertiary/aromatic N) is 2. The molecular formula is C20H24N2O3. The van der Waals surface area contributed by atoms with Gasteiger partial charge in [-0.15, -0.1) is 0 Å². The van der Waals surface area contributed by atoms with E-state index in [1.54, 1.807) is 26.0 Å². The molecule has 25 heavy (non-hydrogen) atoms. The normalized spacial score (nSPS) is 13.9. The maximum atomic E-state index is 12.6. The molecule has 1 aliphatic heterocycles. The molecule has 0 spiro atoms. The van der Waals surface area contributed by atoms with Crippen LogP contribution in [0, 0.1) is 5.41 Å². The standard InChI is InChI=1S/C20H24N2O3/c1-4-20(2,3)18(24)19(25)22-15-9-8-14-21(22)17(23)13-12-16-10-6-5-7-11-16/h5-11,14-15H,4,12-13H2,1-3H3. The maximum Gasteiger partial charge on any atom is 0.313 e. The summed E-state index contributed by atoms with van der Waals surface area (Å²) in [6, 6.07) is 9.67. The third-order valence-corrected chi connectivity index (χ3v) is 4.42. The highest BCUT2D eigenvalue weighted by Crippen LogP contribution is 2.23. The molecule has 0 saturated carbocycles. The molecule has 0 saturated heterocycles. The molecule has 0 N–H and O–H groups in total. The quantitative estimate of drug-likeness (QED) is 0.747. The van der Waals surface area contributed by atoms with Crippen molar-refractivity contribution in [2.24, 2.45) is 5.41 Å². The Labute approximate surface area is 148 Å². The van der Waals surface area contributed by atoms with E-state index in [4.69, 9.17) is 0 Å². The number of carbonyl (C=O) groups is 3. The number of aryl methyl sites for hydroxylation is 1. The van der Waals surface area contributed by atoms with Gasteiger partial charge in [0.15, 0.2) is 0 Å². The number of allylic oxidation sites excluding steroid dienone is 2. The summed E-state index contributed by atoms with van der Waals surface area (Å²) in [6.45, 7) is 5.33. The summed E-state index contributed by atoms with van der Waals surface area (Å²) in [5, 5.41) is 2.32. The molecular weight excluding hydrogens is 316 g/mol. The van der Waals surface area contributed by atoms with Gasteiger partial charge < -0.3 is 0 Å². The number of hydrogen-bond acceptors (Lipinski definition) is 3. The Morgan fingerprint density at radius 3 is 2.16 bits per heavy atom. The monoisotopic (exact) mass is 340 g/mol. The molecule has 0 aliphatic carbocycles. The Morgan fingerprint density at radius 1 is 0.960 bits per heavy atom. The van der Waals surface area contributed by atoms with Crippen molar-refractivity contribution in [2.75, 3.05) is 0 Å². The molecule has 5 nitrogen and oxygen atoms in total. The van der Waals surface area contributed by atoms with E-state index in [0.29, 0.717) is 12.8 Å². The molecule has 1 heterocycles. The van der Waals surface area contributed by atoms with Crippen LogP contribution in [0.2, 0.25) is 0 Å². The third-order valence-electron chi connectivity index (χ3n) is 4.42. The van der Waals surface area contributed by atoms with Crippen LogP contribution in [0.5, 0.6) is 0 Å². The minimum absolute atomic E-state index is 0.236. The summed E-state index contributed by atoms with van der Waals surface area (Å²) in [6.07, 6.45) is 7.63. The Hall–Kier alpha value is -2.69. The molecule has 0 radical (unpaired) electrons. The van der Waals surface area contributed by atoms with Crippen molar-refractivity contribution in [3.8, 4) is 0 Å². The van der Waals surface area contributed by atoms with Crippen molar-refractivity contribution < 1.29 is 14.4 Å². The fourth-order valence-corrected chi connectivity index (χ4v) is 2.34. The smallest absolute Gasteiger partial charge is 0.288 e. The number of Topliss-reactive ketones (excluding diaryl/α,β-unsaturated/α-hetero) is 1. The van der Waals surface area contributed by atoms with Gasteiger partial charge in [0.1, 0.15) is 0 Å². The zero-order valence-electron chi connectivity index (χ0n) is 14.9. The fraction of sp³-hybridized carbons (Fsp3) is 0.350. The minimum atomic E-state index is -0.759. The molecule has 0 fully saturated rings.